The monoisotopic (exact) mass is 251 g/mol. The number of ether oxygens (including phenoxy) is 1. The molecule has 0 bridgehead atoms. The highest BCUT2D eigenvalue weighted by Crippen LogP contribution is 2.22. The maximum atomic E-state index is 5.94. The fourth-order valence-corrected chi connectivity index (χ4v) is 2.20. The average molecular weight is 251 g/mol. The van der Waals surface area contributed by atoms with E-state index in [0.717, 1.165) is 18.5 Å². The van der Waals surface area contributed by atoms with Gasteiger partial charge in [0.2, 0.25) is 5.88 Å². The van der Waals surface area contributed by atoms with Gasteiger partial charge in [-0.3, -0.25) is 4.90 Å². The molecule has 1 aromatic heterocycles. The van der Waals surface area contributed by atoms with Crippen LogP contribution in [-0.2, 0) is 0 Å². The molecule has 1 unspecified atom stereocenters. The lowest BCUT2D eigenvalue weighted by Crippen LogP contribution is -2.39. The molecule has 102 valence electrons. The van der Waals surface area contributed by atoms with Gasteiger partial charge in [-0.05, 0) is 32.4 Å². The molecule has 0 saturated carbocycles. The minimum Gasteiger partial charge on any atom is -0.481 e. The van der Waals surface area contributed by atoms with Gasteiger partial charge in [0.15, 0.2) is 0 Å². The van der Waals surface area contributed by atoms with Crippen LogP contribution in [0.4, 0.5) is 0 Å². The van der Waals surface area contributed by atoms with E-state index in [9.17, 15) is 0 Å². The van der Waals surface area contributed by atoms with Crippen molar-refractivity contribution in [3.8, 4) is 5.88 Å². The number of methoxy groups -OCH3 is 1. The zero-order chi connectivity index (χ0) is 13.5. The molecule has 0 amide bonds. The van der Waals surface area contributed by atoms with Crippen molar-refractivity contribution in [2.45, 2.75) is 39.3 Å². The highest BCUT2D eigenvalue weighted by Gasteiger charge is 2.21. The van der Waals surface area contributed by atoms with Gasteiger partial charge < -0.3 is 10.5 Å². The lowest BCUT2D eigenvalue weighted by atomic mass is 10.1. The highest BCUT2D eigenvalue weighted by molar-refractivity contribution is 5.21. The first-order valence-electron chi connectivity index (χ1n) is 6.59. The van der Waals surface area contributed by atoms with E-state index >= 15 is 0 Å². The zero-order valence-electron chi connectivity index (χ0n) is 11.9. The van der Waals surface area contributed by atoms with Gasteiger partial charge in [0.25, 0.3) is 0 Å². The van der Waals surface area contributed by atoms with Crippen LogP contribution in [0.3, 0.4) is 0 Å². The molecule has 0 fully saturated rings. The molecule has 0 aliphatic rings. The van der Waals surface area contributed by atoms with Crippen LogP contribution in [0.5, 0.6) is 5.88 Å². The summed E-state index contributed by atoms with van der Waals surface area (Å²) < 4.78 is 5.08. The van der Waals surface area contributed by atoms with E-state index in [-0.39, 0.29) is 6.04 Å². The summed E-state index contributed by atoms with van der Waals surface area (Å²) >= 11 is 0. The molecule has 0 spiro atoms. The highest BCUT2D eigenvalue weighted by atomic mass is 16.5. The lowest BCUT2D eigenvalue weighted by Gasteiger charge is -2.34. The molecule has 0 aliphatic carbocycles. The quantitative estimate of drug-likeness (QED) is 0.807. The zero-order valence-corrected chi connectivity index (χ0v) is 11.9. The second kappa shape index (κ2) is 7.34. The summed E-state index contributed by atoms with van der Waals surface area (Å²) in [6, 6.07) is 4.64. The van der Waals surface area contributed by atoms with E-state index in [1.807, 2.05) is 12.3 Å². The van der Waals surface area contributed by atoms with Gasteiger partial charge in [-0.15, -0.1) is 0 Å². The molecule has 2 N–H and O–H groups in total. The number of rotatable bonds is 7. The summed E-state index contributed by atoms with van der Waals surface area (Å²) in [4.78, 5) is 6.68. The van der Waals surface area contributed by atoms with Crippen LogP contribution in [0.25, 0.3) is 0 Å². The predicted molar refractivity (Wildman–Crippen MR) is 74.7 cm³/mol. The molecule has 1 rings (SSSR count). The van der Waals surface area contributed by atoms with Crippen molar-refractivity contribution >= 4 is 0 Å². The van der Waals surface area contributed by atoms with Crippen molar-refractivity contribution in [3.63, 3.8) is 0 Å². The smallest absolute Gasteiger partial charge is 0.212 e. The van der Waals surface area contributed by atoms with Crippen molar-refractivity contribution in [1.82, 2.24) is 9.88 Å². The minimum atomic E-state index is 0.225. The van der Waals surface area contributed by atoms with Crippen LogP contribution in [-0.4, -0.2) is 36.1 Å². The summed E-state index contributed by atoms with van der Waals surface area (Å²) in [6.07, 6.45) is 2.99. The Balaban J connectivity index is 2.91. The second-order valence-electron chi connectivity index (χ2n) is 4.72. The van der Waals surface area contributed by atoms with Gasteiger partial charge in [-0.1, -0.05) is 13.0 Å². The first-order chi connectivity index (χ1) is 8.63. The van der Waals surface area contributed by atoms with Gasteiger partial charge in [-0.2, -0.15) is 0 Å². The lowest BCUT2D eigenvalue weighted by molar-refractivity contribution is 0.157. The van der Waals surface area contributed by atoms with Crippen LogP contribution in [0.2, 0.25) is 0 Å². The van der Waals surface area contributed by atoms with Gasteiger partial charge >= 0.3 is 0 Å². The maximum Gasteiger partial charge on any atom is 0.212 e. The fraction of sp³-hybridized carbons (Fsp3) is 0.643. The molecule has 0 radical (unpaired) electrons. The SMILES string of the molecule is CCCN(C(C)C)C(CN)c1ccc(OC)nc1. The third kappa shape index (κ3) is 3.68. The average Bonchev–Trinajstić information content (AvgIpc) is 2.39. The third-order valence-corrected chi connectivity index (χ3v) is 3.12. The Labute approximate surface area is 110 Å². The van der Waals surface area contributed by atoms with Crippen LogP contribution in [0, 0.1) is 0 Å². The molecule has 0 aromatic carbocycles. The van der Waals surface area contributed by atoms with Gasteiger partial charge in [0.1, 0.15) is 0 Å². The van der Waals surface area contributed by atoms with Gasteiger partial charge in [0, 0.05) is 30.9 Å². The number of hydrogen-bond acceptors (Lipinski definition) is 4. The van der Waals surface area contributed by atoms with E-state index in [1.165, 1.54) is 0 Å². The van der Waals surface area contributed by atoms with Crippen LogP contribution in [0.15, 0.2) is 18.3 Å². The topological polar surface area (TPSA) is 51.4 Å². The van der Waals surface area contributed by atoms with E-state index in [2.05, 4.69) is 36.7 Å². The van der Waals surface area contributed by atoms with E-state index in [4.69, 9.17) is 10.5 Å². The molecular formula is C14H25N3O. The Morgan fingerprint density at radius 3 is 2.50 bits per heavy atom. The number of pyridine rings is 1. The third-order valence-electron chi connectivity index (χ3n) is 3.12. The summed E-state index contributed by atoms with van der Waals surface area (Å²) in [6.45, 7) is 8.25. The molecule has 1 heterocycles. The van der Waals surface area contributed by atoms with Gasteiger partial charge in [-0.25, -0.2) is 4.98 Å². The predicted octanol–water partition coefficient (Wildman–Crippen LogP) is 2.21. The van der Waals surface area contributed by atoms with Crippen molar-refractivity contribution in [2.75, 3.05) is 20.2 Å². The largest absolute Gasteiger partial charge is 0.481 e. The Kier molecular flexibility index (Phi) is 6.09. The Morgan fingerprint density at radius 1 is 1.39 bits per heavy atom. The summed E-state index contributed by atoms with van der Waals surface area (Å²) in [5.41, 5.74) is 7.10. The molecule has 4 heteroatoms. The standard InChI is InChI=1S/C14H25N3O/c1-5-8-17(11(2)3)13(9-15)12-6-7-14(18-4)16-10-12/h6-7,10-11,13H,5,8-9,15H2,1-4H3. The van der Waals surface area contributed by atoms with Crippen molar-refractivity contribution in [1.29, 1.82) is 0 Å². The van der Waals surface area contributed by atoms with E-state index < -0.39 is 0 Å². The van der Waals surface area contributed by atoms with E-state index in [0.29, 0.717) is 18.5 Å². The second-order valence-corrected chi connectivity index (χ2v) is 4.72. The van der Waals surface area contributed by atoms with Crippen molar-refractivity contribution in [3.05, 3.63) is 23.9 Å². The summed E-state index contributed by atoms with van der Waals surface area (Å²) in [5.74, 6) is 0.640. The Morgan fingerprint density at radius 2 is 2.11 bits per heavy atom. The molecule has 0 saturated heterocycles. The Hall–Kier alpha value is -1.13. The van der Waals surface area contributed by atoms with Crippen molar-refractivity contribution < 1.29 is 4.74 Å². The Bertz CT molecular complexity index is 337. The molecule has 1 aromatic rings. The van der Waals surface area contributed by atoms with Crippen LogP contribution in [0.1, 0.15) is 38.8 Å². The first kappa shape index (κ1) is 14.9. The normalized spacial score (nSPS) is 13.1. The molecule has 18 heavy (non-hydrogen) atoms. The molecular weight excluding hydrogens is 226 g/mol. The summed E-state index contributed by atoms with van der Waals surface area (Å²) in [5, 5.41) is 0. The van der Waals surface area contributed by atoms with E-state index in [1.54, 1.807) is 7.11 Å². The molecule has 4 nitrogen and oxygen atoms in total. The van der Waals surface area contributed by atoms with Crippen LogP contribution >= 0.6 is 0 Å². The maximum absolute atomic E-state index is 5.94. The van der Waals surface area contributed by atoms with Crippen molar-refractivity contribution in [2.24, 2.45) is 5.73 Å². The molecule has 1 atom stereocenters. The first-order valence-corrected chi connectivity index (χ1v) is 6.59. The number of hydrogen-bond donors (Lipinski definition) is 1. The van der Waals surface area contributed by atoms with Gasteiger partial charge in [0.05, 0.1) is 7.11 Å². The molecule has 0 aliphatic heterocycles. The fourth-order valence-electron chi connectivity index (χ4n) is 2.20. The minimum absolute atomic E-state index is 0.225. The number of nitrogens with two attached hydrogens (primary N) is 1. The number of aromatic nitrogens is 1. The van der Waals surface area contributed by atoms with Crippen LogP contribution < -0.4 is 10.5 Å². The number of nitrogens with zero attached hydrogens (tertiary/aromatic N) is 2. The summed E-state index contributed by atoms with van der Waals surface area (Å²) in [7, 11) is 1.62.